The van der Waals surface area contributed by atoms with Gasteiger partial charge in [0.15, 0.2) is 0 Å². The first kappa shape index (κ1) is 20.9. The lowest BCUT2D eigenvalue weighted by atomic mass is 9.98. The predicted molar refractivity (Wildman–Crippen MR) is 104 cm³/mol. The standard InChI is InChI=1S/C20H27ClN2O5/c1-28-9-7-13-2-5-17(21)14(10-13)12-23(15-3-4-15)19(25)18-11-16(24)6-8-22(18)20(26)27/h2,5,10,15-16,18,24H,3-4,6-9,11-12H2,1H3,(H,26,27). The quantitative estimate of drug-likeness (QED) is 0.720. The molecule has 0 spiro atoms. The van der Waals surface area contributed by atoms with Gasteiger partial charge in [-0.1, -0.05) is 23.7 Å². The van der Waals surface area contributed by atoms with Crippen LogP contribution in [0.2, 0.25) is 5.02 Å². The number of hydrogen-bond donors (Lipinski definition) is 2. The molecule has 2 fully saturated rings. The Morgan fingerprint density at radius 3 is 2.71 bits per heavy atom. The molecule has 7 nitrogen and oxygen atoms in total. The Balaban J connectivity index is 1.80. The number of amides is 2. The molecule has 2 N–H and O–H groups in total. The van der Waals surface area contributed by atoms with Crippen molar-refractivity contribution in [1.29, 1.82) is 0 Å². The summed E-state index contributed by atoms with van der Waals surface area (Å²) in [5.41, 5.74) is 1.92. The van der Waals surface area contributed by atoms with E-state index < -0.39 is 18.2 Å². The molecule has 2 aliphatic rings. The fraction of sp³-hybridized carbons (Fsp3) is 0.600. The SMILES string of the molecule is COCCc1ccc(Cl)c(CN(C(=O)C2CC(O)CCN2C(=O)O)C2CC2)c1. The van der Waals surface area contributed by atoms with E-state index in [0.717, 1.165) is 35.3 Å². The first-order chi connectivity index (χ1) is 13.4. The summed E-state index contributed by atoms with van der Waals surface area (Å²) >= 11 is 6.38. The van der Waals surface area contributed by atoms with Gasteiger partial charge in [0.25, 0.3) is 0 Å². The zero-order valence-corrected chi connectivity index (χ0v) is 16.8. The molecule has 0 aromatic heterocycles. The van der Waals surface area contributed by atoms with Gasteiger partial charge in [0.1, 0.15) is 6.04 Å². The second-order valence-corrected chi connectivity index (χ2v) is 7.94. The maximum absolute atomic E-state index is 13.3. The van der Waals surface area contributed by atoms with Crippen LogP contribution in [0.5, 0.6) is 0 Å². The van der Waals surface area contributed by atoms with Gasteiger partial charge < -0.3 is 19.8 Å². The second kappa shape index (κ2) is 9.11. The van der Waals surface area contributed by atoms with Crippen LogP contribution < -0.4 is 0 Å². The van der Waals surface area contributed by atoms with E-state index in [-0.39, 0.29) is 24.9 Å². The van der Waals surface area contributed by atoms with E-state index in [1.54, 1.807) is 12.0 Å². The molecule has 0 radical (unpaired) electrons. The Kier molecular flexibility index (Phi) is 6.80. The number of carboxylic acid groups (broad SMARTS) is 1. The van der Waals surface area contributed by atoms with Gasteiger partial charge in [0.2, 0.25) is 5.91 Å². The van der Waals surface area contributed by atoms with Crippen molar-refractivity contribution in [3.63, 3.8) is 0 Å². The number of methoxy groups -OCH3 is 1. The summed E-state index contributed by atoms with van der Waals surface area (Å²) in [6.45, 7) is 1.10. The Morgan fingerprint density at radius 2 is 2.07 bits per heavy atom. The number of piperidine rings is 1. The molecule has 8 heteroatoms. The van der Waals surface area contributed by atoms with Crippen LogP contribution in [0.1, 0.15) is 36.8 Å². The van der Waals surface area contributed by atoms with Crippen LogP contribution in [0, 0.1) is 0 Å². The second-order valence-electron chi connectivity index (χ2n) is 7.54. The summed E-state index contributed by atoms with van der Waals surface area (Å²) in [7, 11) is 1.65. The smallest absolute Gasteiger partial charge is 0.407 e. The monoisotopic (exact) mass is 410 g/mol. The highest BCUT2D eigenvalue weighted by molar-refractivity contribution is 6.31. The molecule has 1 aliphatic carbocycles. The van der Waals surface area contributed by atoms with Crippen molar-refractivity contribution >= 4 is 23.6 Å². The summed E-state index contributed by atoms with van der Waals surface area (Å²) in [5.74, 6) is -0.248. The van der Waals surface area contributed by atoms with Crippen LogP contribution in [0.15, 0.2) is 18.2 Å². The molecule has 1 aromatic rings. The number of benzene rings is 1. The lowest BCUT2D eigenvalue weighted by molar-refractivity contribution is -0.140. The molecule has 154 valence electrons. The molecular formula is C20H27ClN2O5. The number of hydrogen-bond acceptors (Lipinski definition) is 4. The Morgan fingerprint density at radius 1 is 1.32 bits per heavy atom. The molecule has 2 atom stereocenters. The summed E-state index contributed by atoms with van der Waals surface area (Å²) < 4.78 is 5.12. The average molecular weight is 411 g/mol. The molecule has 1 heterocycles. The van der Waals surface area contributed by atoms with Crippen molar-refractivity contribution in [1.82, 2.24) is 9.80 Å². The van der Waals surface area contributed by atoms with Crippen molar-refractivity contribution in [2.75, 3.05) is 20.3 Å². The molecule has 1 aromatic carbocycles. The van der Waals surface area contributed by atoms with Gasteiger partial charge in [-0.2, -0.15) is 0 Å². The van der Waals surface area contributed by atoms with E-state index >= 15 is 0 Å². The Bertz CT molecular complexity index is 725. The first-order valence-corrected chi connectivity index (χ1v) is 10.0. The van der Waals surface area contributed by atoms with Gasteiger partial charge in [0.05, 0.1) is 12.7 Å². The third-order valence-electron chi connectivity index (χ3n) is 5.42. The van der Waals surface area contributed by atoms with Crippen molar-refractivity contribution in [3.8, 4) is 0 Å². The highest BCUT2D eigenvalue weighted by Gasteiger charge is 2.42. The normalized spacial score (nSPS) is 22.2. The summed E-state index contributed by atoms with van der Waals surface area (Å²) in [4.78, 5) is 27.7. The summed E-state index contributed by atoms with van der Waals surface area (Å²) in [6.07, 6.45) is 1.25. The van der Waals surface area contributed by atoms with Gasteiger partial charge >= 0.3 is 6.09 Å². The fourth-order valence-electron chi connectivity index (χ4n) is 3.68. The topological polar surface area (TPSA) is 90.3 Å². The van der Waals surface area contributed by atoms with Gasteiger partial charge in [-0.15, -0.1) is 0 Å². The minimum atomic E-state index is -1.12. The lowest BCUT2D eigenvalue weighted by Crippen LogP contribution is -2.55. The van der Waals surface area contributed by atoms with Gasteiger partial charge in [-0.3, -0.25) is 9.69 Å². The average Bonchev–Trinajstić information content (AvgIpc) is 3.50. The largest absolute Gasteiger partial charge is 0.465 e. The van der Waals surface area contributed by atoms with Crippen molar-refractivity contribution in [2.24, 2.45) is 0 Å². The minimum Gasteiger partial charge on any atom is -0.465 e. The zero-order valence-electron chi connectivity index (χ0n) is 16.0. The molecule has 28 heavy (non-hydrogen) atoms. The van der Waals surface area contributed by atoms with Gasteiger partial charge in [-0.05, 0) is 42.9 Å². The number of aliphatic hydroxyl groups is 1. The van der Waals surface area contributed by atoms with Crippen LogP contribution in [0.3, 0.4) is 0 Å². The van der Waals surface area contributed by atoms with E-state index in [0.29, 0.717) is 24.6 Å². The molecule has 1 saturated carbocycles. The number of aliphatic hydroxyl groups excluding tert-OH is 1. The van der Waals surface area contributed by atoms with Crippen molar-refractivity contribution in [3.05, 3.63) is 34.3 Å². The summed E-state index contributed by atoms with van der Waals surface area (Å²) in [5, 5.41) is 20.0. The number of likely N-dealkylation sites (tertiary alicyclic amines) is 1. The Labute approximate surface area is 169 Å². The molecule has 0 bridgehead atoms. The van der Waals surface area contributed by atoms with Crippen molar-refractivity contribution < 1.29 is 24.5 Å². The Hall–Kier alpha value is -1.83. The third-order valence-corrected chi connectivity index (χ3v) is 5.79. The summed E-state index contributed by atoms with van der Waals surface area (Å²) in [6, 6.07) is 5.00. The minimum absolute atomic E-state index is 0.0981. The van der Waals surface area contributed by atoms with E-state index in [1.807, 2.05) is 18.2 Å². The molecule has 3 rings (SSSR count). The maximum Gasteiger partial charge on any atom is 0.407 e. The van der Waals surface area contributed by atoms with Crippen LogP contribution in [-0.4, -0.2) is 70.5 Å². The molecule has 1 aliphatic heterocycles. The molecule has 2 unspecified atom stereocenters. The third kappa shape index (κ3) is 4.96. The first-order valence-electron chi connectivity index (χ1n) is 9.65. The molecular weight excluding hydrogens is 384 g/mol. The van der Waals surface area contributed by atoms with Crippen LogP contribution in [-0.2, 0) is 22.5 Å². The van der Waals surface area contributed by atoms with Gasteiger partial charge in [0, 0.05) is 37.7 Å². The number of carbonyl (C=O) groups excluding carboxylic acids is 1. The number of halogens is 1. The van der Waals surface area contributed by atoms with Gasteiger partial charge in [-0.25, -0.2) is 4.79 Å². The number of carbonyl (C=O) groups is 2. The highest BCUT2D eigenvalue weighted by Crippen LogP contribution is 2.32. The van der Waals surface area contributed by atoms with Crippen LogP contribution in [0.25, 0.3) is 0 Å². The number of nitrogens with zero attached hydrogens (tertiary/aromatic N) is 2. The van der Waals surface area contributed by atoms with Crippen LogP contribution >= 0.6 is 11.6 Å². The predicted octanol–water partition coefficient (Wildman–Crippen LogP) is 2.52. The molecule has 2 amide bonds. The van der Waals surface area contributed by atoms with E-state index in [4.69, 9.17) is 16.3 Å². The highest BCUT2D eigenvalue weighted by atomic mass is 35.5. The van der Waals surface area contributed by atoms with Crippen LogP contribution in [0.4, 0.5) is 4.79 Å². The lowest BCUT2D eigenvalue weighted by Gasteiger charge is -2.38. The molecule has 1 saturated heterocycles. The van der Waals surface area contributed by atoms with E-state index in [1.165, 1.54) is 0 Å². The van der Waals surface area contributed by atoms with E-state index in [9.17, 15) is 19.8 Å². The number of rotatable bonds is 7. The van der Waals surface area contributed by atoms with Crippen molar-refractivity contribution in [2.45, 2.75) is 56.8 Å². The fourth-order valence-corrected chi connectivity index (χ4v) is 3.86. The maximum atomic E-state index is 13.3. The zero-order chi connectivity index (χ0) is 20.3. The van der Waals surface area contributed by atoms with E-state index in [2.05, 4.69) is 0 Å². The number of ether oxygens (including phenoxy) is 1.